The second kappa shape index (κ2) is 5.70. The van der Waals surface area contributed by atoms with Gasteiger partial charge < -0.3 is 20.5 Å². The third kappa shape index (κ3) is 3.53. The van der Waals surface area contributed by atoms with Crippen LogP contribution in [-0.2, 0) is 0 Å². The minimum absolute atomic E-state index is 0.189. The Bertz CT molecular complexity index is 444. The first-order valence-corrected chi connectivity index (χ1v) is 6.86. The van der Waals surface area contributed by atoms with E-state index in [9.17, 15) is 0 Å². The van der Waals surface area contributed by atoms with Crippen LogP contribution in [0.4, 0.5) is 5.69 Å². The molecule has 4 heteroatoms. The Balaban J connectivity index is 2.08. The molecule has 1 aliphatic heterocycles. The van der Waals surface area contributed by atoms with E-state index in [1.165, 1.54) is 5.56 Å². The summed E-state index contributed by atoms with van der Waals surface area (Å²) in [6, 6.07) is 4.06. The topological polar surface area (TPSA) is 56.5 Å². The summed E-state index contributed by atoms with van der Waals surface area (Å²) in [6.07, 6.45) is 1.00. The van der Waals surface area contributed by atoms with Crippen LogP contribution in [0.1, 0.15) is 25.8 Å². The molecule has 2 rings (SSSR count). The molecule has 0 saturated carbocycles. The molecule has 0 fully saturated rings. The van der Waals surface area contributed by atoms with E-state index < -0.39 is 0 Å². The van der Waals surface area contributed by atoms with Gasteiger partial charge in [-0.25, -0.2) is 0 Å². The molecule has 3 N–H and O–H groups in total. The Morgan fingerprint density at radius 1 is 1.21 bits per heavy atom. The highest BCUT2D eigenvalue weighted by Crippen LogP contribution is 2.35. The molecule has 1 heterocycles. The lowest BCUT2D eigenvalue weighted by Gasteiger charge is -2.26. The van der Waals surface area contributed by atoms with Crippen molar-refractivity contribution in [2.24, 2.45) is 11.1 Å². The van der Waals surface area contributed by atoms with Gasteiger partial charge in [0.2, 0.25) is 0 Å². The van der Waals surface area contributed by atoms with Crippen molar-refractivity contribution < 1.29 is 9.47 Å². The van der Waals surface area contributed by atoms with Gasteiger partial charge in [-0.15, -0.1) is 0 Å². The largest absolute Gasteiger partial charge is 0.486 e. The molecular weight excluding hydrogens is 240 g/mol. The zero-order valence-electron chi connectivity index (χ0n) is 12.1. The van der Waals surface area contributed by atoms with E-state index in [0.717, 1.165) is 36.7 Å². The summed E-state index contributed by atoms with van der Waals surface area (Å²) < 4.78 is 11.2. The molecule has 0 bridgehead atoms. The second-order valence-electron chi connectivity index (χ2n) is 5.87. The van der Waals surface area contributed by atoms with Crippen molar-refractivity contribution in [3.05, 3.63) is 17.7 Å². The molecule has 0 saturated heterocycles. The Morgan fingerprint density at radius 3 is 2.47 bits per heavy atom. The van der Waals surface area contributed by atoms with Gasteiger partial charge >= 0.3 is 0 Å². The van der Waals surface area contributed by atoms with Crippen LogP contribution in [0, 0.1) is 12.3 Å². The highest BCUT2D eigenvalue weighted by Gasteiger charge is 2.18. The maximum Gasteiger partial charge on any atom is 0.163 e. The monoisotopic (exact) mass is 264 g/mol. The average molecular weight is 264 g/mol. The summed E-state index contributed by atoms with van der Waals surface area (Å²) in [5, 5.41) is 3.50. The number of nitrogens with two attached hydrogens (primary N) is 1. The smallest absolute Gasteiger partial charge is 0.163 e. The zero-order valence-corrected chi connectivity index (χ0v) is 12.1. The summed E-state index contributed by atoms with van der Waals surface area (Å²) in [5.41, 5.74) is 8.11. The molecule has 0 spiro atoms. The van der Waals surface area contributed by atoms with Gasteiger partial charge in [0, 0.05) is 18.3 Å². The Morgan fingerprint density at radius 2 is 1.84 bits per heavy atom. The third-order valence-corrected chi connectivity index (χ3v) is 3.47. The van der Waals surface area contributed by atoms with Crippen LogP contribution in [0.5, 0.6) is 11.5 Å². The van der Waals surface area contributed by atoms with Crippen molar-refractivity contribution in [2.45, 2.75) is 27.2 Å². The van der Waals surface area contributed by atoms with Crippen molar-refractivity contribution >= 4 is 5.69 Å². The minimum atomic E-state index is 0.189. The van der Waals surface area contributed by atoms with Crippen LogP contribution >= 0.6 is 0 Å². The van der Waals surface area contributed by atoms with Crippen molar-refractivity contribution in [1.82, 2.24) is 0 Å². The second-order valence-corrected chi connectivity index (χ2v) is 5.87. The summed E-state index contributed by atoms with van der Waals surface area (Å²) >= 11 is 0. The van der Waals surface area contributed by atoms with E-state index >= 15 is 0 Å². The maximum absolute atomic E-state index is 5.64. The lowest BCUT2D eigenvalue weighted by atomic mass is 9.89. The number of ether oxygens (including phenoxy) is 2. The normalized spacial score (nSPS) is 14.3. The number of fused-ring (bicyclic) bond motifs is 1. The quantitative estimate of drug-likeness (QED) is 0.858. The first-order chi connectivity index (χ1) is 9.02. The number of nitrogens with one attached hydrogen (secondary N) is 1. The molecule has 19 heavy (non-hydrogen) atoms. The Labute approximate surface area is 115 Å². The van der Waals surface area contributed by atoms with E-state index in [0.29, 0.717) is 13.2 Å². The fraction of sp³-hybridized carbons (Fsp3) is 0.600. The molecule has 0 atom stereocenters. The fourth-order valence-electron chi connectivity index (χ4n) is 2.19. The molecule has 106 valence electrons. The van der Waals surface area contributed by atoms with Crippen molar-refractivity contribution in [2.75, 3.05) is 31.6 Å². The summed E-state index contributed by atoms with van der Waals surface area (Å²) in [5.74, 6) is 1.67. The molecule has 1 aromatic rings. The molecule has 1 aliphatic rings. The Kier molecular flexibility index (Phi) is 4.20. The summed E-state index contributed by atoms with van der Waals surface area (Å²) in [7, 11) is 0. The molecule has 1 aromatic carbocycles. The first-order valence-electron chi connectivity index (χ1n) is 6.86. The van der Waals surface area contributed by atoms with Crippen LogP contribution in [0.3, 0.4) is 0 Å². The number of hydrogen-bond acceptors (Lipinski definition) is 4. The summed E-state index contributed by atoms with van der Waals surface area (Å²) in [6.45, 7) is 9.38. The number of anilines is 1. The number of hydrogen-bond donors (Lipinski definition) is 2. The van der Waals surface area contributed by atoms with Gasteiger partial charge in [-0.1, -0.05) is 13.8 Å². The van der Waals surface area contributed by atoms with Gasteiger partial charge in [0.05, 0.1) is 0 Å². The van der Waals surface area contributed by atoms with E-state index in [2.05, 4.69) is 26.1 Å². The number of benzene rings is 1. The predicted molar refractivity (Wildman–Crippen MR) is 78.1 cm³/mol. The standard InChI is InChI=1S/C15H24N2O2/c1-11-8-13-14(19-7-6-18-13)9-12(11)17-10-15(2,3)4-5-16/h8-9,17H,4-7,10,16H2,1-3H3. The molecule has 0 unspecified atom stereocenters. The van der Waals surface area contributed by atoms with E-state index in [4.69, 9.17) is 15.2 Å². The van der Waals surface area contributed by atoms with Crippen LogP contribution in [-0.4, -0.2) is 26.3 Å². The van der Waals surface area contributed by atoms with E-state index in [-0.39, 0.29) is 5.41 Å². The van der Waals surface area contributed by atoms with Gasteiger partial charge in [0.15, 0.2) is 11.5 Å². The van der Waals surface area contributed by atoms with Gasteiger partial charge in [-0.2, -0.15) is 0 Å². The molecule has 0 amide bonds. The van der Waals surface area contributed by atoms with Gasteiger partial charge in [-0.3, -0.25) is 0 Å². The van der Waals surface area contributed by atoms with E-state index in [1.54, 1.807) is 0 Å². The van der Waals surface area contributed by atoms with Crippen molar-refractivity contribution in [3.8, 4) is 11.5 Å². The number of aryl methyl sites for hydroxylation is 1. The van der Waals surface area contributed by atoms with E-state index in [1.807, 2.05) is 12.1 Å². The Hall–Kier alpha value is -1.42. The summed E-state index contributed by atoms with van der Waals surface area (Å²) in [4.78, 5) is 0. The lowest BCUT2D eigenvalue weighted by molar-refractivity contribution is 0.171. The van der Waals surface area contributed by atoms with Crippen LogP contribution in [0.15, 0.2) is 12.1 Å². The maximum atomic E-state index is 5.64. The fourth-order valence-corrected chi connectivity index (χ4v) is 2.19. The molecule has 0 aliphatic carbocycles. The highest BCUT2D eigenvalue weighted by atomic mass is 16.6. The van der Waals surface area contributed by atoms with Crippen LogP contribution in [0.25, 0.3) is 0 Å². The van der Waals surface area contributed by atoms with Crippen LogP contribution in [0.2, 0.25) is 0 Å². The highest BCUT2D eigenvalue weighted by molar-refractivity contribution is 5.60. The third-order valence-electron chi connectivity index (χ3n) is 3.47. The predicted octanol–water partition coefficient (Wildman–Crippen LogP) is 2.55. The van der Waals surface area contributed by atoms with Gasteiger partial charge in [0.1, 0.15) is 13.2 Å². The average Bonchev–Trinajstić information content (AvgIpc) is 2.36. The van der Waals surface area contributed by atoms with Crippen molar-refractivity contribution in [3.63, 3.8) is 0 Å². The van der Waals surface area contributed by atoms with Gasteiger partial charge in [-0.05, 0) is 36.9 Å². The van der Waals surface area contributed by atoms with Crippen LogP contribution < -0.4 is 20.5 Å². The molecule has 4 nitrogen and oxygen atoms in total. The SMILES string of the molecule is Cc1cc2c(cc1NCC(C)(C)CCN)OCCO2. The first kappa shape index (κ1) is 14.0. The zero-order chi connectivity index (χ0) is 13.9. The molecule has 0 aromatic heterocycles. The lowest BCUT2D eigenvalue weighted by Crippen LogP contribution is -2.26. The minimum Gasteiger partial charge on any atom is -0.486 e. The number of rotatable bonds is 5. The molecule has 0 radical (unpaired) electrons. The van der Waals surface area contributed by atoms with Crippen molar-refractivity contribution in [1.29, 1.82) is 0 Å². The van der Waals surface area contributed by atoms with Gasteiger partial charge in [0.25, 0.3) is 0 Å². The molecular formula is C15H24N2O2.